The lowest BCUT2D eigenvalue weighted by atomic mass is 9.92. The van der Waals surface area contributed by atoms with Gasteiger partial charge in [0.15, 0.2) is 0 Å². The summed E-state index contributed by atoms with van der Waals surface area (Å²) in [5, 5.41) is 17.4. The zero-order valence-corrected chi connectivity index (χ0v) is 11.0. The number of aliphatic hydroxyl groups is 1. The van der Waals surface area contributed by atoms with Gasteiger partial charge in [0, 0.05) is 24.3 Å². The van der Waals surface area contributed by atoms with E-state index < -0.39 is 0 Å². The molecule has 3 rings (SSSR count). The molecule has 2 heterocycles. The van der Waals surface area contributed by atoms with Crippen LogP contribution in [0.4, 0.5) is 0 Å². The van der Waals surface area contributed by atoms with Gasteiger partial charge in [0.1, 0.15) is 5.76 Å². The van der Waals surface area contributed by atoms with E-state index in [1.54, 1.807) is 6.26 Å². The van der Waals surface area contributed by atoms with Crippen LogP contribution in [-0.2, 0) is 13.5 Å². The Balaban J connectivity index is 1.80. The lowest BCUT2D eigenvalue weighted by molar-refractivity contribution is 0.210. The fraction of sp³-hybridized carbons (Fsp3) is 0.500. The van der Waals surface area contributed by atoms with Crippen LogP contribution in [0.3, 0.4) is 0 Å². The van der Waals surface area contributed by atoms with E-state index in [4.69, 9.17) is 4.42 Å². The molecular weight excluding hydrogens is 242 g/mol. The van der Waals surface area contributed by atoms with E-state index in [1.165, 1.54) is 11.3 Å². The molecule has 0 radical (unpaired) electrons. The Bertz CT molecular complexity index is 533. The van der Waals surface area contributed by atoms with Gasteiger partial charge >= 0.3 is 0 Å². The summed E-state index contributed by atoms with van der Waals surface area (Å²) in [6.45, 7) is 0.0274. The van der Waals surface area contributed by atoms with Crippen molar-refractivity contribution in [2.75, 3.05) is 6.61 Å². The average Bonchev–Trinajstić information content (AvgIpc) is 3.07. The molecule has 2 aromatic heterocycles. The molecule has 102 valence electrons. The van der Waals surface area contributed by atoms with Crippen molar-refractivity contribution in [1.82, 2.24) is 15.1 Å². The van der Waals surface area contributed by atoms with Crippen molar-refractivity contribution in [2.45, 2.75) is 31.3 Å². The number of fused-ring (bicyclic) bond motifs is 1. The van der Waals surface area contributed by atoms with Crippen LogP contribution in [0, 0.1) is 0 Å². The highest BCUT2D eigenvalue weighted by Gasteiger charge is 2.26. The summed E-state index contributed by atoms with van der Waals surface area (Å²) in [4.78, 5) is 0. The Hall–Kier alpha value is -1.59. The van der Waals surface area contributed by atoms with Gasteiger partial charge in [0.25, 0.3) is 0 Å². The smallest absolute Gasteiger partial charge is 0.123 e. The molecule has 0 aromatic carbocycles. The van der Waals surface area contributed by atoms with Crippen molar-refractivity contribution in [3.05, 3.63) is 41.6 Å². The first-order chi connectivity index (χ1) is 9.29. The van der Waals surface area contributed by atoms with E-state index in [9.17, 15) is 5.11 Å². The van der Waals surface area contributed by atoms with E-state index in [0.29, 0.717) is 0 Å². The first-order valence-corrected chi connectivity index (χ1v) is 6.70. The van der Waals surface area contributed by atoms with Crippen LogP contribution in [0.1, 0.15) is 41.9 Å². The van der Waals surface area contributed by atoms with Crippen molar-refractivity contribution in [3.8, 4) is 0 Å². The highest BCUT2D eigenvalue weighted by atomic mass is 16.3. The highest BCUT2D eigenvalue weighted by molar-refractivity contribution is 5.25. The Kier molecular flexibility index (Phi) is 3.40. The third-order valence-corrected chi connectivity index (χ3v) is 3.85. The molecule has 0 saturated heterocycles. The topological polar surface area (TPSA) is 63.2 Å². The molecule has 19 heavy (non-hydrogen) atoms. The summed E-state index contributed by atoms with van der Waals surface area (Å²) in [6.07, 6.45) is 6.85. The van der Waals surface area contributed by atoms with Crippen molar-refractivity contribution < 1.29 is 9.52 Å². The summed E-state index contributed by atoms with van der Waals surface area (Å²) in [6, 6.07) is 3.81. The number of nitrogens with one attached hydrogen (secondary N) is 1. The Morgan fingerprint density at radius 3 is 3.26 bits per heavy atom. The second-order valence-electron chi connectivity index (χ2n) is 5.03. The molecule has 2 atom stereocenters. The number of hydrogen-bond donors (Lipinski definition) is 2. The van der Waals surface area contributed by atoms with Gasteiger partial charge in [-0.1, -0.05) is 0 Å². The maximum Gasteiger partial charge on any atom is 0.123 e. The molecule has 2 aromatic rings. The molecule has 1 aliphatic rings. The van der Waals surface area contributed by atoms with Crippen LogP contribution in [0.5, 0.6) is 0 Å². The first-order valence-electron chi connectivity index (χ1n) is 6.70. The van der Waals surface area contributed by atoms with E-state index in [0.717, 1.165) is 25.0 Å². The van der Waals surface area contributed by atoms with Crippen LogP contribution in [0.15, 0.2) is 29.0 Å². The number of hydrogen-bond acceptors (Lipinski definition) is 4. The van der Waals surface area contributed by atoms with E-state index >= 15 is 0 Å². The molecule has 0 bridgehead atoms. The molecule has 1 aliphatic carbocycles. The minimum absolute atomic E-state index is 0.0274. The fourth-order valence-corrected chi connectivity index (χ4v) is 2.84. The number of rotatable bonds is 4. The molecule has 5 nitrogen and oxygen atoms in total. The molecule has 2 N–H and O–H groups in total. The van der Waals surface area contributed by atoms with Crippen LogP contribution in [-0.4, -0.2) is 21.5 Å². The first kappa shape index (κ1) is 12.4. The third kappa shape index (κ3) is 2.31. The summed E-state index contributed by atoms with van der Waals surface area (Å²) in [5.41, 5.74) is 2.54. The second-order valence-corrected chi connectivity index (χ2v) is 5.03. The zero-order valence-electron chi connectivity index (χ0n) is 11.0. The summed E-state index contributed by atoms with van der Waals surface area (Å²) >= 11 is 0. The predicted octanol–water partition coefficient (Wildman–Crippen LogP) is 1.71. The maximum absolute atomic E-state index is 9.54. The summed E-state index contributed by atoms with van der Waals surface area (Å²) in [5.74, 6) is 0.776. The summed E-state index contributed by atoms with van der Waals surface area (Å²) in [7, 11) is 1.98. The zero-order chi connectivity index (χ0) is 13.2. The molecule has 0 fully saturated rings. The number of aromatic nitrogens is 2. The quantitative estimate of drug-likeness (QED) is 0.879. The van der Waals surface area contributed by atoms with Crippen LogP contribution >= 0.6 is 0 Å². The van der Waals surface area contributed by atoms with Crippen LogP contribution in [0.25, 0.3) is 0 Å². The lowest BCUT2D eigenvalue weighted by Crippen LogP contribution is -2.31. The largest absolute Gasteiger partial charge is 0.468 e. The van der Waals surface area contributed by atoms with Gasteiger partial charge in [-0.25, -0.2) is 0 Å². The third-order valence-electron chi connectivity index (χ3n) is 3.85. The maximum atomic E-state index is 9.54. The highest BCUT2D eigenvalue weighted by Crippen LogP contribution is 2.31. The van der Waals surface area contributed by atoms with E-state index in [2.05, 4.69) is 10.4 Å². The van der Waals surface area contributed by atoms with Gasteiger partial charge in [-0.15, -0.1) is 0 Å². The van der Waals surface area contributed by atoms with E-state index in [-0.39, 0.29) is 18.7 Å². The van der Waals surface area contributed by atoms with Crippen molar-refractivity contribution >= 4 is 0 Å². The molecule has 5 heteroatoms. The molecule has 0 saturated carbocycles. The molecule has 0 amide bonds. The van der Waals surface area contributed by atoms with Gasteiger partial charge in [-0.05, 0) is 31.4 Å². The number of nitrogens with zero attached hydrogens (tertiary/aromatic N) is 2. The molecule has 0 spiro atoms. The minimum atomic E-state index is -0.161. The van der Waals surface area contributed by atoms with Gasteiger partial charge < -0.3 is 9.52 Å². The van der Waals surface area contributed by atoms with Gasteiger partial charge in [0.2, 0.25) is 0 Å². The average molecular weight is 261 g/mol. The molecule has 0 aliphatic heterocycles. The number of aryl methyl sites for hydroxylation is 1. The lowest BCUT2D eigenvalue weighted by Gasteiger charge is -2.27. The van der Waals surface area contributed by atoms with Crippen molar-refractivity contribution in [3.63, 3.8) is 0 Å². The van der Waals surface area contributed by atoms with Gasteiger partial charge in [-0.3, -0.25) is 10.00 Å². The number of furan rings is 1. The van der Waals surface area contributed by atoms with Crippen LogP contribution in [0.2, 0.25) is 0 Å². The van der Waals surface area contributed by atoms with Crippen molar-refractivity contribution in [1.29, 1.82) is 0 Å². The van der Waals surface area contributed by atoms with Crippen molar-refractivity contribution in [2.24, 2.45) is 7.05 Å². The monoisotopic (exact) mass is 261 g/mol. The number of aliphatic hydroxyl groups excluding tert-OH is 1. The SMILES string of the molecule is Cn1ncc2c1CCCC2NC(CO)c1ccco1. The molecular formula is C14H19N3O2. The Morgan fingerprint density at radius 2 is 2.53 bits per heavy atom. The molecule has 2 unspecified atom stereocenters. The normalized spacial score (nSPS) is 20.2. The van der Waals surface area contributed by atoms with Gasteiger partial charge in [0.05, 0.1) is 25.1 Å². The van der Waals surface area contributed by atoms with E-state index in [1.807, 2.05) is 30.1 Å². The van der Waals surface area contributed by atoms with Crippen LogP contribution < -0.4 is 5.32 Å². The predicted molar refractivity (Wildman–Crippen MR) is 70.6 cm³/mol. The summed E-state index contributed by atoms with van der Waals surface area (Å²) < 4.78 is 7.33. The Labute approximate surface area is 112 Å². The standard InChI is InChI=1S/C14H19N3O2/c1-17-13-5-2-4-11(10(13)8-15-17)16-12(9-18)14-6-3-7-19-14/h3,6-8,11-12,16,18H,2,4-5,9H2,1H3. The minimum Gasteiger partial charge on any atom is -0.468 e. The van der Waals surface area contributed by atoms with Gasteiger partial charge in [-0.2, -0.15) is 5.10 Å². The fourth-order valence-electron chi connectivity index (χ4n) is 2.84. The Morgan fingerprint density at radius 1 is 1.63 bits per heavy atom. The second kappa shape index (κ2) is 5.19.